The van der Waals surface area contributed by atoms with Crippen LogP contribution in [-0.2, 0) is 0 Å². The third-order valence-electron chi connectivity index (χ3n) is 9.32. The molecule has 3 saturated carbocycles. The van der Waals surface area contributed by atoms with Crippen molar-refractivity contribution < 1.29 is 4.74 Å². The van der Waals surface area contributed by atoms with Crippen LogP contribution in [0.15, 0.2) is 42.0 Å². The molecule has 0 N–H and O–H groups in total. The molecule has 1 heteroatoms. The molecule has 4 aliphatic carbocycles. The van der Waals surface area contributed by atoms with Crippen molar-refractivity contribution >= 4 is 6.08 Å². The zero-order chi connectivity index (χ0) is 19.4. The van der Waals surface area contributed by atoms with Crippen LogP contribution in [0.1, 0.15) is 70.8 Å². The lowest BCUT2D eigenvalue weighted by Crippen LogP contribution is -2.51. The maximum absolute atomic E-state index is 5.31. The Morgan fingerprint density at radius 1 is 0.964 bits per heavy atom. The molecule has 1 aromatic rings. The van der Waals surface area contributed by atoms with E-state index in [1.807, 2.05) is 0 Å². The first-order valence-electron chi connectivity index (χ1n) is 11.5. The highest BCUT2D eigenvalue weighted by atomic mass is 16.5. The van der Waals surface area contributed by atoms with Gasteiger partial charge in [0.2, 0.25) is 0 Å². The molecule has 0 saturated heterocycles. The van der Waals surface area contributed by atoms with Crippen LogP contribution in [0.3, 0.4) is 0 Å². The van der Waals surface area contributed by atoms with Gasteiger partial charge in [-0.25, -0.2) is 0 Å². The number of methoxy groups -OCH3 is 1. The Labute approximate surface area is 171 Å². The molecule has 5 rings (SSSR count). The van der Waals surface area contributed by atoms with Gasteiger partial charge in [-0.1, -0.05) is 50.6 Å². The normalized spacial score (nSPS) is 43.3. The zero-order valence-corrected chi connectivity index (χ0v) is 17.9. The van der Waals surface area contributed by atoms with E-state index < -0.39 is 0 Å². The van der Waals surface area contributed by atoms with Crippen LogP contribution < -0.4 is 4.74 Å². The fourth-order valence-electron chi connectivity index (χ4n) is 7.81. The molecule has 5 unspecified atom stereocenters. The Balaban J connectivity index is 1.42. The molecule has 150 valence electrons. The van der Waals surface area contributed by atoms with Gasteiger partial charge in [0.15, 0.2) is 0 Å². The number of rotatable bonds is 2. The predicted molar refractivity (Wildman–Crippen MR) is 117 cm³/mol. The summed E-state index contributed by atoms with van der Waals surface area (Å²) in [4.78, 5) is 0. The van der Waals surface area contributed by atoms with E-state index in [1.165, 1.54) is 62.5 Å². The molecule has 0 spiro atoms. The highest BCUT2D eigenvalue weighted by Crippen LogP contribution is 2.65. The van der Waals surface area contributed by atoms with Crippen LogP contribution in [0.25, 0.3) is 6.08 Å². The van der Waals surface area contributed by atoms with E-state index in [4.69, 9.17) is 4.74 Å². The van der Waals surface area contributed by atoms with Gasteiger partial charge in [-0.05, 0) is 103 Å². The highest BCUT2D eigenvalue weighted by molar-refractivity contribution is 5.57. The second-order valence-corrected chi connectivity index (χ2v) is 10.7. The predicted octanol–water partition coefficient (Wildman–Crippen LogP) is 7.29. The molecule has 0 radical (unpaired) electrons. The Morgan fingerprint density at radius 2 is 1.79 bits per heavy atom. The van der Waals surface area contributed by atoms with E-state index >= 15 is 0 Å². The lowest BCUT2D eigenvalue weighted by atomic mass is 9.46. The number of hydrogen-bond donors (Lipinski definition) is 0. The minimum Gasteiger partial charge on any atom is -0.497 e. The summed E-state index contributed by atoms with van der Waals surface area (Å²) < 4.78 is 5.31. The summed E-state index contributed by atoms with van der Waals surface area (Å²) in [5.41, 5.74) is 3.93. The molecule has 3 fully saturated rings. The van der Waals surface area contributed by atoms with Crippen LogP contribution in [0, 0.1) is 34.5 Å². The first-order valence-corrected chi connectivity index (χ1v) is 11.5. The molecule has 0 heterocycles. The molecule has 0 aliphatic heterocycles. The van der Waals surface area contributed by atoms with Crippen molar-refractivity contribution in [2.45, 2.75) is 65.2 Å². The van der Waals surface area contributed by atoms with Gasteiger partial charge in [0.25, 0.3) is 0 Å². The lowest BCUT2D eigenvalue weighted by molar-refractivity contribution is -0.0761. The highest BCUT2D eigenvalue weighted by Gasteiger charge is 2.56. The van der Waals surface area contributed by atoms with Crippen LogP contribution in [-0.4, -0.2) is 7.11 Å². The van der Waals surface area contributed by atoms with E-state index in [0.717, 1.165) is 29.4 Å². The standard InChI is InChI=1S/C27H36O/c1-26-15-4-5-24(26)23-13-10-21-9-6-20(18-27(21,2)25(23)14-16-26)17-19-7-11-22(28-3)12-8-19/h6-9,11-12,17,21,23-25H,4-5,10,13-16,18H2,1-3H3/b20-17+/t21-,23?,24?,25?,26?,27?/m1/s1. The number of hydrogen-bond acceptors (Lipinski definition) is 1. The summed E-state index contributed by atoms with van der Waals surface area (Å²) in [6.45, 7) is 5.25. The van der Waals surface area contributed by atoms with Gasteiger partial charge in [0.1, 0.15) is 5.75 Å². The summed E-state index contributed by atoms with van der Waals surface area (Å²) in [6, 6.07) is 8.51. The number of fused-ring (bicyclic) bond motifs is 5. The van der Waals surface area contributed by atoms with E-state index in [0.29, 0.717) is 10.8 Å². The topological polar surface area (TPSA) is 9.23 Å². The second-order valence-electron chi connectivity index (χ2n) is 10.7. The molecular formula is C27H36O. The molecule has 0 bridgehead atoms. The first-order chi connectivity index (χ1) is 13.5. The van der Waals surface area contributed by atoms with Gasteiger partial charge >= 0.3 is 0 Å². The van der Waals surface area contributed by atoms with Gasteiger partial charge in [-0.3, -0.25) is 0 Å². The Hall–Kier alpha value is -1.50. The van der Waals surface area contributed by atoms with Gasteiger partial charge in [-0.2, -0.15) is 0 Å². The van der Waals surface area contributed by atoms with Crippen molar-refractivity contribution in [3.63, 3.8) is 0 Å². The average Bonchev–Trinajstić information content (AvgIpc) is 3.10. The zero-order valence-electron chi connectivity index (χ0n) is 17.9. The third kappa shape index (κ3) is 2.88. The maximum Gasteiger partial charge on any atom is 0.118 e. The quantitative estimate of drug-likeness (QED) is 0.526. The van der Waals surface area contributed by atoms with E-state index in [1.54, 1.807) is 7.11 Å². The molecule has 1 nitrogen and oxygen atoms in total. The fraction of sp³-hybridized carbons (Fsp3) is 0.630. The number of benzene rings is 1. The Kier molecular flexibility index (Phi) is 4.49. The largest absolute Gasteiger partial charge is 0.497 e. The van der Waals surface area contributed by atoms with E-state index in [2.05, 4.69) is 56.3 Å². The Bertz CT molecular complexity index is 787. The molecule has 0 aromatic heterocycles. The smallest absolute Gasteiger partial charge is 0.118 e. The second kappa shape index (κ2) is 6.78. The van der Waals surface area contributed by atoms with Crippen molar-refractivity contribution in [2.24, 2.45) is 34.5 Å². The summed E-state index contributed by atoms with van der Waals surface area (Å²) >= 11 is 0. The van der Waals surface area contributed by atoms with Gasteiger partial charge in [0.05, 0.1) is 7.11 Å². The van der Waals surface area contributed by atoms with Crippen molar-refractivity contribution in [2.75, 3.05) is 7.11 Å². The summed E-state index contributed by atoms with van der Waals surface area (Å²) in [5, 5.41) is 0. The van der Waals surface area contributed by atoms with Crippen LogP contribution in [0.2, 0.25) is 0 Å². The molecule has 1 aromatic carbocycles. The van der Waals surface area contributed by atoms with E-state index in [9.17, 15) is 0 Å². The van der Waals surface area contributed by atoms with Gasteiger partial charge in [0, 0.05) is 0 Å². The SMILES string of the molecule is COc1ccc(/C=C2\C=C[C@@H]3CCC4C5CCCC5(C)CCC4C3(C)C2)cc1. The number of ether oxygens (including phenoxy) is 1. The molecule has 4 aliphatic rings. The lowest BCUT2D eigenvalue weighted by Gasteiger charge is -2.59. The molecule has 6 atom stereocenters. The Morgan fingerprint density at radius 3 is 2.57 bits per heavy atom. The summed E-state index contributed by atoms with van der Waals surface area (Å²) in [6.07, 6.45) is 19.0. The third-order valence-corrected chi connectivity index (χ3v) is 9.32. The van der Waals surface area contributed by atoms with Gasteiger partial charge in [-0.15, -0.1) is 0 Å². The molecule has 28 heavy (non-hydrogen) atoms. The van der Waals surface area contributed by atoms with Crippen LogP contribution in [0.5, 0.6) is 5.75 Å². The minimum atomic E-state index is 0.458. The summed E-state index contributed by atoms with van der Waals surface area (Å²) in [5.74, 6) is 4.63. The average molecular weight is 377 g/mol. The molecule has 0 amide bonds. The minimum absolute atomic E-state index is 0.458. The van der Waals surface area contributed by atoms with Crippen molar-refractivity contribution in [1.29, 1.82) is 0 Å². The fourth-order valence-corrected chi connectivity index (χ4v) is 7.81. The van der Waals surface area contributed by atoms with Crippen LogP contribution >= 0.6 is 0 Å². The van der Waals surface area contributed by atoms with Crippen molar-refractivity contribution in [3.05, 3.63) is 47.6 Å². The first kappa shape index (κ1) is 18.5. The van der Waals surface area contributed by atoms with Crippen molar-refractivity contribution in [1.82, 2.24) is 0 Å². The monoisotopic (exact) mass is 376 g/mol. The maximum atomic E-state index is 5.31. The van der Waals surface area contributed by atoms with E-state index in [-0.39, 0.29) is 0 Å². The summed E-state index contributed by atoms with van der Waals surface area (Å²) in [7, 11) is 1.73. The van der Waals surface area contributed by atoms with Crippen LogP contribution in [0.4, 0.5) is 0 Å². The molecular weight excluding hydrogens is 340 g/mol. The van der Waals surface area contributed by atoms with Crippen molar-refractivity contribution in [3.8, 4) is 5.75 Å². The van der Waals surface area contributed by atoms with Gasteiger partial charge < -0.3 is 4.74 Å². The number of allylic oxidation sites excluding steroid dienone is 3.